The van der Waals surface area contributed by atoms with Crippen molar-refractivity contribution in [1.82, 2.24) is 0 Å². The molecule has 0 aliphatic rings. The number of thiophene rings is 1. The zero-order chi connectivity index (χ0) is 13.8. The summed E-state index contributed by atoms with van der Waals surface area (Å²) in [6, 6.07) is 5.16. The number of fused-ring (bicyclic) bond motifs is 1. The van der Waals surface area contributed by atoms with Gasteiger partial charge in [-0.3, -0.25) is 0 Å². The highest BCUT2D eigenvalue weighted by molar-refractivity contribution is 7.19. The number of halogens is 1. The van der Waals surface area contributed by atoms with Gasteiger partial charge >= 0.3 is 0 Å². The van der Waals surface area contributed by atoms with Crippen LogP contribution in [-0.4, -0.2) is 6.10 Å². The predicted octanol–water partition coefficient (Wildman–Crippen LogP) is 4.20. The highest BCUT2D eigenvalue weighted by Crippen LogP contribution is 2.33. The Balaban J connectivity index is 2.29. The summed E-state index contributed by atoms with van der Waals surface area (Å²) in [4.78, 5) is 1.02. The fourth-order valence-corrected chi connectivity index (χ4v) is 3.35. The van der Waals surface area contributed by atoms with Gasteiger partial charge in [-0.25, -0.2) is 4.39 Å². The number of rotatable bonds is 6. The summed E-state index contributed by atoms with van der Waals surface area (Å²) < 4.78 is 20.7. The third kappa shape index (κ3) is 3.14. The maximum Gasteiger partial charge on any atom is 0.132 e. The molecule has 0 saturated heterocycles. The van der Waals surface area contributed by atoms with Crippen LogP contribution in [0.4, 0.5) is 4.39 Å². The van der Waals surface area contributed by atoms with E-state index in [1.165, 1.54) is 6.07 Å². The molecule has 2 N–H and O–H groups in total. The van der Waals surface area contributed by atoms with E-state index in [0.29, 0.717) is 18.5 Å². The molecule has 0 spiro atoms. The van der Waals surface area contributed by atoms with Crippen molar-refractivity contribution in [1.29, 1.82) is 0 Å². The second-order valence-electron chi connectivity index (χ2n) is 4.73. The Kier molecular flexibility index (Phi) is 4.91. The van der Waals surface area contributed by atoms with Gasteiger partial charge in [0.25, 0.3) is 0 Å². The lowest BCUT2D eigenvalue weighted by atomic mass is 10.1. The molecule has 0 saturated carbocycles. The fraction of sp³-hybridized carbons (Fsp3) is 0.467. The molecule has 1 atom stereocenters. The molecule has 0 radical (unpaired) electrons. The van der Waals surface area contributed by atoms with Gasteiger partial charge in [0, 0.05) is 27.1 Å². The van der Waals surface area contributed by atoms with Gasteiger partial charge < -0.3 is 10.5 Å². The van der Waals surface area contributed by atoms with Gasteiger partial charge in [0.05, 0.1) is 12.7 Å². The standard InChI is InChI=1S/C15H20FNOS/c1-3-5-10(2)18-9-11-14(8-17)19-13-7-4-6-12(16)15(11)13/h4,6-7,10H,3,5,8-9,17H2,1-2H3. The van der Waals surface area contributed by atoms with E-state index in [1.54, 1.807) is 17.4 Å². The lowest BCUT2D eigenvalue weighted by Gasteiger charge is -2.12. The first kappa shape index (κ1) is 14.4. The van der Waals surface area contributed by atoms with Crippen molar-refractivity contribution in [2.45, 2.75) is 45.9 Å². The van der Waals surface area contributed by atoms with E-state index < -0.39 is 0 Å². The third-order valence-corrected chi connectivity index (χ3v) is 4.46. The van der Waals surface area contributed by atoms with Crippen LogP contribution in [0.1, 0.15) is 37.1 Å². The van der Waals surface area contributed by atoms with Gasteiger partial charge in [0.2, 0.25) is 0 Å². The largest absolute Gasteiger partial charge is 0.374 e. The van der Waals surface area contributed by atoms with Crippen molar-refractivity contribution in [3.8, 4) is 0 Å². The van der Waals surface area contributed by atoms with Crippen LogP contribution in [-0.2, 0) is 17.9 Å². The van der Waals surface area contributed by atoms with E-state index in [9.17, 15) is 4.39 Å². The minimum absolute atomic E-state index is 0.185. The fourth-order valence-electron chi connectivity index (χ4n) is 2.25. The second-order valence-corrected chi connectivity index (χ2v) is 5.87. The second kappa shape index (κ2) is 6.46. The van der Waals surface area contributed by atoms with Crippen molar-refractivity contribution in [3.05, 3.63) is 34.5 Å². The summed E-state index contributed by atoms with van der Waals surface area (Å²) in [6.07, 6.45) is 2.30. The molecule has 0 fully saturated rings. The minimum Gasteiger partial charge on any atom is -0.374 e. The van der Waals surface area contributed by atoms with Gasteiger partial charge in [0.15, 0.2) is 0 Å². The summed E-state index contributed by atoms with van der Waals surface area (Å²) in [7, 11) is 0. The molecule has 0 amide bonds. The SMILES string of the molecule is CCCC(C)OCc1c(CN)sc2cccc(F)c12. The third-order valence-electron chi connectivity index (χ3n) is 3.24. The molecule has 1 heterocycles. The zero-order valence-electron chi connectivity index (χ0n) is 11.4. The van der Waals surface area contributed by atoms with E-state index in [1.807, 2.05) is 6.07 Å². The molecule has 104 valence electrons. The predicted molar refractivity (Wildman–Crippen MR) is 78.8 cm³/mol. The van der Waals surface area contributed by atoms with E-state index in [-0.39, 0.29) is 11.9 Å². The van der Waals surface area contributed by atoms with E-state index in [4.69, 9.17) is 10.5 Å². The average Bonchev–Trinajstić information content (AvgIpc) is 2.76. The van der Waals surface area contributed by atoms with Crippen molar-refractivity contribution < 1.29 is 9.13 Å². The first-order valence-electron chi connectivity index (χ1n) is 6.67. The summed E-state index contributed by atoms with van der Waals surface area (Å²) in [5.74, 6) is -0.185. The number of ether oxygens (including phenoxy) is 1. The molecule has 4 heteroatoms. The van der Waals surface area contributed by atoms with Crippen LogP contribution >= 0.6 is 11.3 Å². The van der Waals surface area contributed by atoms with Crippen LogP contribution in [0.15, 0.2) is 18.2 Å². The van der Waals surface area contributed by atoms with Gasteiger partial charge in [-0.15, -0.1) is 11.3 Å². The van der Waals surface area contributed by atoms with Gasteiger partial charge in [-0.2, -0.15) is 0 Å². The molecule has 0 aliphatic carbocycles. The monoisotopic (exact) mass is 281 g/mol. The Morgan fingerprint density at radius 2 is 2.21 bits per heavy atom. The zero-order valence-corrected chi connectivity index (χ0v) is 12.2. The molecule has 19 heavy (non-hydrogen) atoms. The summed E-state index contributed by atoms with van der Waals surface area (Å²) in [5, 5.41) is 0.677. The normalized spacial score (nSPS) is 13.1. The van der Waals surface area contributed by atoms with Crippen molar-refractivity contribution in [3.63, 3.8) is 0 Å². The molecule has 2 aromatic rings. The molecule has 0 bridgehead atoms. The summed E-state index contributed by atoms with van der Waals surface area (Å²) >= 11 is 1.56. The maximum absolute atomic E-state index is 14.0. The highest BCUT2D eigenvalue weighted by atomic mass is 32.1. The Bertz CT molecular complexity index is 552. The number of benzene rings is 1. The number of hydrogen-bond acceptors (Lipinski definition) is 3. The average molecular weight is 281 g/mol. The first-order valence-corrected chi connectivity index (χ1v) is 7.49. The van der Waals surface area contributed by atoms with Crippen LogP contribution in [0, 0.1) is 5.82 Å². The topological polar surface area (TPSA) is 35.2 Å². The number of nitrogens with two attached hydrogens (primary N) is 1. The van der Waals surface area contributed by atoms with Gasteiger partial charge in [-0.1, -0.05) is 19.4 Å². The molecule has 2 nitrogen and oxygen atoms in total. The van der Waals surface area contributed by atoms with Crippen molar-refractivity contribution in [2.75, 3.05) is 0 Å². The Morgan fingerprint density at radius 3 is 2.89 bits per heavy atom. The molecule has 1 unspecified atom stereocenters. The maximum atomic E-state index is 14.0. The highest BCUT2D eigenvalue weighted by Gasteiger charge is 2.15. The molecule has 0 aliphatic heterocycles. The van der Waals surface area contributed by atoms with Crippen LogP contribution in [0.25, 0.3) is 10.1 Å². The smallest absolute Gasteiger partial charge is 0.132 e. The van der Waals surface area contributed by atoms with Crippen LogP contribution in [0.3, 0.4) is 0 Å². The van der Waals surface area contributed by atoms with E-state index in [2.05, 4.69) is 13.8 Å². The molecule has 1 aromatic carbocycles. The summed E-state index contributed by atoms with van der Waals surface area (Å²) in [5.41, 5.74) is 6.68. The lowest BCUT2D eigenvalue weighted by Crippen LogP contribution is -2.09. The Hall–Kier alpha value is -0.970. The van der Waals surface area contributed by atoms with E-state index in [0.717, 1.165) is 28.0 Å². The number of hydrogen-bond donors (Lipinski definition) is 1. The van der Waals surface area contributed by atoms with Gasteiger partial charge in [-0.05, 0) is 25.5 Å². The van der Waals surface area contributed by atoms with Gasteiger partial charge in [0.1, 0.15) is 5.82 Å². The Morgan fingerprint density at radius 1 is 1.42 bits per heavy atom. The Labute approximate surface area is 117 Å². The van der Waals surface area contributed by atoms with Crippen LogP contribution in [0.2, 0.25) is 0 Å². The molecule has 2 rings (SSSR count). The minimum atomic E-state index is -0.185. The molecular formula is C15H20FNOS. The quantitative estimate of drug-likeness (QED) is 0.861. The van der Waals surface area contributed by atoms with Crippen molar-refractivity contribution >= 4 is 21.4 Å². The van der Waals surface area contributed by atoms with Crippen molar-refractivity contribution in [2.24, 2.45) is 5.73 Å². The van der Waals surface area contributed by atoms with Crippen LogP contribution < -0.4 is 5.73 Å². The lowest BCUT2D eigenvalue weighted by molar-refractivity contribution is 0.0476. The first-order chi connectivity index (χ1) is 9.17. The molecule has 1 aromatic heterocycles. The molecular weight excluding hydrogens is 261 g/mol. The summed E-state index contributed by atoms with van der Waals surface area (Å²) in [6.45, 7) is 5.05. The van der Waals surface area contributed by atoms with E-state index >= 15 is 0 Å². The van der Waals surface area contributed by atoms with Crippen LogP contribution in [0.5, 0.6) is 0 Å².